The minimum atomic E-state index is -3.86. The van der Waals surface area contributed by atoms with Crippen LogP contribution in [0.4, 0.5) is 5.69 Å². The molecular formula is C24H31Cl2N3O5S. The summed E-state index contributed by atoms with van der Waals surface area (Å²) in [5, 5.41) is 3.26. The van der Waals surface area contributed by atoms with Crippen molar-refractivity contribution in [1.29, 1.82) is 0 Å². The monoisotopic (exact) mass is 543 g/mol. The highest BCUT2D eigenvalue weighted by atomic mass is 35.5. The summed E-state index contributed by atoms with van der Waals surface area (Å²) in [4.78, 5) is 28.0. The van der Waals surface area contributed by atoms with E-state index < -0.39 is 28.5 Å². The molecule has 2 rings (SSSR count). The van der Waals surface area contributed by atoms with Gasteiger partial charge in [0.25, 0.3) is 0 Å². The molecule has 2 aromatic carbocycles. The number of sulfonamides is 1. The average Bonchev–Trinajstić information content (AvgIpc) is 2.78. The van der Waals surface area contributed by atoms with Gasteiger partial charge in [-0.1, -0.05) is 42.3 Å². The van der Waals surface area contributed by atoms with Gasteiger partial charge in [-0.15, -0.1) is 0 Å². The molecule has 0 heterocycles. The minimum absolute atomic E-state index is 0.103. The highest BCUT2D eigenvalue weighted by Gasteiger charge is 2.32. The molecule has 2 amide bonds. The number of nitrogens with zero attached hydrogens (tertiary/aromatic N) is 2. The number of halogens is 2. The number of methoxy groups -OCH3 is 1. The number of hydrogen-bond donors (Lipinski definition) is 1. The lowest BCUT2D eigenvalue weighted by atomic mass is 10.1. The molecule has 2 aromatic rings. The SMILES string of the molecule is CC[C@@H](C(=O)NC(C)C)N(Cc1ccc(OC)cc1)C(=O)CN(c1ccc(Cl)c(Cl)c1)S(C)(=O)=O. The molecular weight excluding hydrogens is 513 g/mol. The van der Waals surface area contributed by atoms with Crippen molar-refractivity contribution in [2.75, 3.05) is 24.2 Å². The van der Waals surface area contributed by atoms with Gasteiger partial charge in [0.15, 0.2) is 0 Å². The van der Waals surface area contributed by atoms with E-state index in [1.165, 1.54) is 23.1 Å². The molecule has 0 saturated carbocycles. The molecule has 0 aliphatic heterocycles. The Morgan fingerprint density at radius 2 is 1.69 bits per heavy atom. The first-order chi connectivity index (χ1) is 16.4. The zero-order valence-corrected chi connectivity index (χ0v) is 22.7. The lowest BCUT2D eigenvalue weighted by Crippen LogP contribution is -2.53. The van der Waals surface area contributed by atoms with E-state index in [9.17, 15) is 18.0 Å². The Morgan fingerprint density at radius 1 is 1.06 bits per heavy atom. The molecule has 0 spiro atoms. The number of amides is 2. The Hall–Kier alpha value is -2.49. The Morgan fingerprint density at radius 3 is 2.17 bits per heavy atom. The summed E-state index contributed by atoms with van der Waals surface area (Å²) in [6, 6.07) is 10.5. The van der Waals surface area contributed by atoms with Crippen LogP contribution >= 0.6 is 23.2 Å². The van der Waals surface area contributed by atoms with Crippen molar-refractivity contribution in [3.63, 3.8) is 0 Å². The van der Waals surface area contributed by atoms with Crippen LogP contribution in [0.5, 0.6) is 5.75 Å². The van der Waals surface area contributed by atoms with E-state index in [-0.39, 0.29) is 34.2 Å². The van der Waals surface area contributed by atoms with Gasteiger partial charge in [-0.2, -0.15) is 0 Å². The molecule has 1 atom stereocenters. The number of carbonyl (C=O) groups is 2. The van der Waals surface area contributed by atoms with Crippen LogP contribution in [0.2, 0.25) is 10.0 Å². The fourth-order valence-corrected chi connectivity index (χ4v) is 4.62. The lowest BCUT2D eigenvalue weighted by molar-refractivity contribution is -0.140. The summed E-state index contributed by atoms with van der Waals surface area (Å²) in [6.45, 7) is 5.04. The summed E-state index contributed by atoms with van der Waals surface area (Å²) in [7, 11) is -2.31. The second kappa shape index (κ2) is 12.5. The molecule has 0 aliphatic carbocycles. The van der Waals surface area contributed by atoms with Crippen molar-refractivity contribution in [2.45, 2.75) is 45.8 Å². The molecule has 0 fully saturated rings. The number of nitrogens with one attached hydrogen (secondary N) is 1. The number of carbonyl (C=O) groups excluding carboxylic acids is 2. The Balaban J connectivity index is 2.45. The molecule has 1 N–H and O–H groups in total. The standard InChI is InChI=1S/C24H31Cl2N3O5S/c1-6-22(24(31)27-16(2)3)28(14-17-7-10-19(34-4)11-8-17)23(30)15-29(35(5,32)33)18-9-12-20(25)21(26)13-18/h7-13,16,22H,6,14-15H2,1-5H3,(H,27,31)/t22-/m0/s1. The first-order valence-corrected chi connectivity index (χ1v) is 13.6. The first kappa shape index (κ1) is 28.7. The maximum absolute atomic E-state index is 13.6. The summed E-state index contributed by atoms with van der Waals surface area (Å²) in [6.07, 6.45) is 1.34. The Bertz CT molecular complexity index is 1140. The molecule has 8 nitrogen and oxygen atoms in total. The molecule has 192 valence electrons. The minimum Gasteiger partial charge on any atom is -0.497 e. The normalized spacial score (nSPS) is 12.2. The number of benzene rings is 2. The smallest absolute Gasteiger partial charge is 0.244 e. The third-order valence-corrected chi connectivity index (χ3v) is 7.08. The van der Waals surface area contributed by atoms with Gasteiger partial charge >= 0.3 is 0 Å². The van der Waals surface area contributed by atoms with Crippen LogP contribution in [0.25, 0.3) is 0 Å². The average molecular weight is 545 g/mol. The van der Waals surface area contributed by atoms with Crippen LogP contribution in [0.15, 0.2) is 42.5 Å². The van der Waals surface area contributed by atoms with Crippen molar-refractivity contribution < 1.29 is 22.7 Å². The molecule has 0 unspecified atom stereocenters. The Labute approximate surface area is 217 Å². The van der Waals surface area contributed by atoms with Crippen molar-refractivity contribution in [1.82, 2.24) is 10.2 Å². The predicted molar refractivity (Wildman–Crippen MR) is 140 cm³/mol. The van der Waals surface area contributed by atoms with Crippen molar-refractivity contribution in [3.8, 4) is 5.75 Å². The van der Waals surface area contributed by atoms with Gasteiger partial charge in [0.2, 0.25) is 21.8 Å². The number of ether oxygens (including phenoxy) is 1. The fourth-order valence-electron chi connectivity index (χ4n) is 3.48. The second-order valence-corrected chi connectivity index (χ2v) is 11.0. The van der Waals surface area contributed by atoms with E-state index in [0.29, 0.717) is 12.2 Å². The van der Waals surface area contributed by atoms with E-state index in [0.717, 1.165) is 16.1 Å². The van der Waals surface area contributed by atoms with Gasteiger partial charge in [0, 0.05) is 12.6 Å². The largest absolute Gasteiger partial charge is 0.497 e. The van der Waals surface area contributed by atoms with Crippen LogP contribution in [0.3, 0.4) is 0 Å². The van der Waals surface area contributed by atoms with Crippen LogP contribution in [-0.4, -0.2) is 57.1 Å². The van der Waals surface area contributed by atoms with Crippen molar-refractivity contribution in [2.24, 2.45) is 0 Å². The number of anilines is 1. The van der Waals surface area contributed by atoms with Gasteiger partial charge < -0.3 is 15.0 Å². The first-order valence-electron chi connectivity index (χ1n) is 11.0. The maximum Gasteiger partial charge on any atom is 0.244 e. The van der Waals surface area contributed by atoms with Crippen LogP contribution in [0, 0.1) is 0 Å². The number of hydrogen-bond acceptors (Lipinski definition) is 5. The van der Waals surface area contributed by atoms with Crippen molar-refractivity contribution >= 4 is 50.7 Å². The topological polar surface area (TPSA) is 96.0 Å². The van der Waals surface area contributed by atoms with Gasteiger partial charge in [-0.05, 0) is 56.2 Å². The van der Waals surface area contributed by atoms with E-state index in [1.54, 1.807) is 38.3 Å². The van der Waals surface area contributed by atoms with Crippen molar-refractivity contribution in [3.05, 3.63) is 58.1 Å². The summed E-state index contributed by atoms with van der Waals surface area (Å²) in [5.41, 5.74) is 0.953. The third kappa shape index (κ3) is 8.02. The molecule has 0 radical (unpaired) electrons. The summed E-state index contributed by atoms with van der Waals surface area (Å²) < 4.78 is 31.4. The third-order valence-electron chi connectivity index (χ3n) is 5.20. The van der Waals surface area contributed by atoms with E-state index in [2.05, 4.69) is 5.32 Å². The summed E-state index contributed by atoms with van der Waals surface area (Å²) in [5.74, 6) is -0.202. The molecule has 0 bridgehead atoms. The molecule has 0 saturated heterocycles. The Kier molecular flexibility index (Phi) is 10.2. The highest BCUT2D eigenvalue weighted by Crippen LogP contribution is 2.28. The van der Waals surface area contributed by atoms with Gasteiger partial charge in [-0.3, -0.25) is 13.9 Å². The lowest BCUT2D eigenvalue weighted by Gasteiger charge is -2.33. The van der Waals surface area contributed by atoms with Crippen LogP contribution in [0.1, 0.15) is 32.8 Å². The van der Waals surface area contributed by atoms with Gasteiger partial charge in [0.05, 0.1) is 29.1 Å². The molecule has 0 aliphatic rings. The van der Waals surface area contributed by atoms with E-state index in [4.69, 9.17) is 27.9 Å². The number of rotatable bonds is 11. The summed E-state index contributed by atoms with van der Waals surface area (Å²) >= 11 is 12.1. The van der Waals surface area contributed by atoms with Crippen LogP contribution < -0.4 is 14.4 Å². The molecule has 35 heavy (non-hydrogen) atoms. The van der Waals surface area contributed by atoms with Crippen LogP contribution in [-0.2, 0) is 26.2 Å². The van der Waals surface area contributed by atoms with Gasteiger partial charge in [0.1, 0.15) is 18.3 Å². The zero-order valence-electron chi connectivity index (χ0n) is 20.4. The maximum atomic E-state index is 13.6. The van der Waals surface area contributed by atoms with E-state index >= 15 is 0 Å². The quantitative estimate of drug-likeness (QED) is 0.460. The second-order valence-electron chi connectivity index (χ2n) is 8.33. The predicted octanol–water partition coefficient (Wildman–Crippen LogP) is 4.10. The van der Waals surface area contributed by atoms with Gasteiger partial charge in [-0.25, -0.2) is 8.42 Å². The fraction of sp³-hybridized carbons (Fsp3) is 0.417. The zero-order chi connectivity index (χ0) is 26.3. The molecule has 11 heteroatoms. The van der Waals surface area contributed by atoms with E-state index in [1.807, 2.05) is 13.8 Å². The highest BCUT2D eigenvalue weighted by molar-refractivity contribution is 7.92. The molecule has 0 aromatic heterocycles.